The Morgan fingerprint density at radius 1 is 1.15 bits per heavy atom. The average Bonchev–Trinajstić information content (AvgIpc) is 2.13. The Kier molecular flexibility index (Phi) is 8.53. The van der Waals surface area contributed by atoms with Gasteiger partial charge in [-0.25, -0.2) is 0 Å². The summed E-state index contributed by atoms with van der Waals surface area (Å²) in [6.07, 6.45) is 9.45. The molecule has 0 bridgehead atoms. The molecule has 0 saturated heterocycles. The van der Waals surface area contributed by atoms with E-state index in [0.29, 0.717) is 0 Å². The van der Waals surface area contributed by atoms with E-state index >= 15 is 0 Å². The van der Waals surface area contributed by atoms with E-state index in [4.69, 9.17) is 0 Å². The van der Waals surface area contributed by atoms with Gasteiger partial charge in [-0.1, -0.05) is 53.1 Å². The first-order chi connectivity index (χ1) is 6.24. The summed E-state index contributed by atoms with van der Waals surface area (Å²) in [6.45, 7) is 6.67. The van der Waals surface area contributed by atoms with Crippen LogP contribution in [0.25, 0.3) is 0 Å². The van der Waals surface area contributed by atoms with Crippen molar-refractivity contribution in [3.05, 3.63) is 23.3 Å². The molecule has 0 N–H and O–H groups in total. The van der Waals surface area contributed by atoms with Gasteiger partial charge in [0.15, 0.2) is 0 Å². The molecular formula is C12H21Br. The van der Waals surface area contributed by atoms with Gasteiger partial charge in [0.2, 0.25) is 0 Å². The SMILES string of the molecule is CCC(=CCC/C(C)=C/CBr)CC. The van der Waals surface area contributed by atoms with Crippen molar-refractivity contribution in [3.63, 3.8) is 0 Å². The van der Waals surface area contributed by atoms with Crippen LogP contribution in [0.4, 0.5) is 0 Å². The standard InChI is InChI=1S/C12H21Br/c1-4-12(5-2)8-6-7-11(3)9-10-13/h8-9H,4-7,10H2,1-3H3/b11-9+. The summed E-state index contributed by atoms with van der Waals surface area (Å²) in [4.78, 5) is 0. The summed E-state index contributed by atoms with van der Waals surface area (Å²) in [7, 11) is 0. The normalized spacial score (nSPS) is 11.5. The zero-order chi connectivity index (χ0) is 10.1. The molecule has 13 heavy (non-hydrogen) atoms. The summed E-state index contributed by atoms with van der Waals surface area (Å²) >= 11 is 3.41. The van der Waals surface area contributed by atoms with Gasteiger partial charge in [-0.05, 0) is 32.6 Å². The van der Waals surface area contributed by atoms with Crippen LogP contribution in [0.3, 0.4) is 0 Å². The number of halogens is 1. The van der Waals surface area contributed by atoms with E-state index in [0.717, 1.165) is 5.33 Å². The molecule has 0 amide bonds. The third-order valence-corrected chi connectivity index (χ3v) is 2.63. The highest BCUT2D eigenvalue weighted by Crippen LogP contribution is 2.11. The maximum atomic E-state index is 3.41. The van der Waals surface area contributed by atoms with E-state index in [1.165, 1.54) is 31.3 Å². The van der Waals surface area contributed by atoms with Gasteiger partial charge >= 0.3 is 0 Å². The molecule has 0 aromatic rings. The molecule has 0 saturated carbocycles. The van der Waals surface area contributed by atoms with Gasteiger partial charge in [0, 0.05) is 5.33 Å². The van der Waals surface area contributed by atoms with Gasteiger partial charge in [-0.2, -0.15) is 0 Å². The van der Waals surface area contributed by atoms with Gasteiger partial charge in [-0.3, -0.25) is 0 Å². The number of alkyl halides is 1. The van der Waals surface area contributed by atoms with Gasteiger partial charge in [0.25, 0.3) is 0 Å². The molecule has 0 aliphatic rings. The van der Waals surface area contributed by atoms with Crippen LogP contribution in [0.1, 0.15) is 46.5 Å². The van der Waals surface area contributed by atoms with Gasteiger partial charge < -0.3 is 0 Å². The molecule has 0 nitrogen and oxygen atoms in total. The highest BCUT2D eigenvalue weighted by Gasteiger charge is 1.91. The third-order valence-electron chi connectivity index (χ3n) is 2.31. The molecule has 0 unspecified atom stereocenters. The molecule has 0 spiro atoms. The molecule has 0 heterocycles. The minimum Gasteiger partial charge on any atom is -0.0883 e. The summed E-state index contributed by atoms with van der Waals surface area (Å²) in [5.74, 6) is 0. The lowest BCUT2D eigenvalue weighted by Crippen LogP contribution is -1.81. The van der Waals surface area contributed by atoms with Gasteiger partial charge in [0.05, 0.1) is 0 Å². The van der Waals surface area contributed by atoms with Crippen molar-refractivity contribution in [1.29, 1.82) is 0 Å². The van der Waals surface area contributed by atoms with Crippen molar-refractivity contribution in [2.45, 2.75) is 46.5 Å². The predicted octanol–water partition coefficient (Wildman–Crippen LogP) is 4.85. The fraction of sp³-hybridized carbons (Fsp3) is 0.667. The molecular weight excluding hydrogens is 224 g/mol. The van der Waals surface area contributed by atoms with Crippen LogP contribution < -0.4 is 0 Å². The molecule has 0 aliphatic heterocycles. The Hall–Kier alpha value is -0.0400. The number of rotatable bonds is 6. The first kappa shape index (κ1) is 13.0. The Labute approximate surface area is 91.2 Å². The highest BCUT2D eigenvalue weighted by atomic mass is 79.9. The fourth-order valence-electron chi connectivity index (χ4n) is 1.28. The van der Waals surface area contributed by atoms with Crippen LogP contribution >= 0.6 is 15.9 Å². The number of hydrogen-bond acceptors (Lipinski definition) is 0. The second kappa shape index (κ2) is 8.55. The predicted molar refractivity (Wildman–Crippen MR) is 65.5 cm³/mol. The maximum absolute atomic E-state index is 3.41. The van der Waals surface area contributed by atoms with Crippen LogP contribution in [-0.2, 0) is 0 Å². The lowest BCUT2D eigenvalue weighted by atomic mass is 10.1. The monoisotopic (exact) mass is 244 g/mol. The van der Waals surface area contributed by atoms with Crippen LogP contribution in [0, 0.1) is 0 Å². The van der Waals surface area contributed by atoms with E-state index in [1.54, 1.807) is 5.57 Å². The Bertz CT molecular complexity index is 172. The van der Waals surface area contributed by atoms with Crippen molar-refractivity contribution in [2.24, 2.45) is 0 Å². The summed E-state index contributed by atoms with van der Waals surface area (Å²) in [5, 5.41) is 0.983. The molecule has 76 valence electrons. The van der Waals surface area contributed by atoms with Crippen LogP contribution in [0.15, 0.2) is 23.3 Å². The number of allylic oxidation sites excluding steroid dienone is 4. The molecule has 0 atom stereocenters. The van der Waals surface area contributed by atoms with Crippen molar-refractivity contribution < 1.29 is 0 Å². The van der Waals surface area contributed by atoms with E-state index in [2.05, 4.69) is 48.9 Å². The van der Waals surface area contributed by atoms with Gasteiger partial charge in [0.1, 0.15) is 0 Å². The Morgan fingerprint density at radius 3 is 2.23 bits per heavy atom. The van der Waals surface area contributed by atoms with E-state index in [1.807, 2.05) is 0 Å². The van der Waals surface area contributed by atoms with E-state index in [-0.39, 0.29) is 0 Å². The lowest BCUT2D eigenvalue weighted by Gasteiger charge is -2.00. The van der Waals surface area contributed by atoms with Crippen molar-refractivity contribution in [3.8, 4) is 0 Å². The fourth-order valence-corrected chi connectivity index (χ4v) is 1.83. The van der Waals surface area contributed by atoms with Crippen LogP contribution in [-0.4, -0.2) is 5.33 Å². The van der Waals surface area contributed by atoms with Crippen LogP contribution in [0.2, 0.25) is 0 Å². The van der Waals surface area contributed by atoms with Crippen molar-refractivity contribution >= 4 is 15.9 Å². The first-order valence-corrected chi connectivity index (χ1v) is 6.26. The van der Waals surface area contributed by atoms with Crippen molar-refractivity contribution in [1.82, 2.24) is 0 Å². The highest BCUT2D eigenvalue weighted by molar-refractivity contribution is 9.09. The first-order valence-electron chi connectivity index (χ1n) is 5.14. The second-order valence-corrected chi connectivity index (χ2v) is 3.96. The number of hydrogen-bond donors (Lipinski definition) is 0. The summed E-state index contributed by atoms with van der Waals surface area (Å²) in [5.41, 5.74) is 3.08. The molecule has 0 aliphatic carbocycles. The summed E-state index contributed by atoms with van der Waals surface area (Å²) in [6, 6.07) is 0. The lowest BCUT2D eigenvalue weighted by molar-refractivity contribution is 0.912. The van der Waals surface area contributed by atoms with Crippen molar-refractivity contribution in [2.75, 3.05) is 5.33 Å². The minimum absolute atomic E-state index is 0.983. The Morgan fingerprint density at radius 2 is 1.77 bits per heavy atom. The van der Waals surface area contributed by atoms with E-state index < -0.39 is 0 Å². The topological polar surface area (TPSA) is 0 Å². The smallest absolute Gasteiger partial charge is 0.0214 e. The molecule has 1 heteroatoms. The summed E-state index contributed by atoms with van der Waals surface area (Å²) < 4.78 is 0. The largest absolute Gasteiger partial charge is 0.0883 e. The zero-order valence-electron chi connectivity index (χ0n) is 9.07. The molecule has 0 fully saturated rings. The quantitative estimate of drug-likeness (QED) is 0.463. The molecule has 0 aromatic heterocycles. The van der Waals surface area contributed by atoms with E-state index in [9.17, 15) is 0 Å². The Balaban J connectivity index is 3.76. The molecule has 0 rings (SSSR count). The molecule has 0 radical (unpaired) electrons. The third kappa shape index (κ3) is 7.06. The maximum Gasteiger partial charge on any atom is 0.0214 e. The second-order valence-electron chi connectivity index (χ2n) is 3.31. The van der Waals surface area contributed by atoms with Gasteiger partial charge in [-0.15, -0.1) is 0 Å². The zero-order valence-corrected chi connectivity index (χ0v) is 10.7. The van der Waals surface area contributed by atoms with Crippen LogP contribution in [0.5, 0.6) is 0 Å². The molecule has 0 aromatic carbocycles. The minimum atomic E-state index is 0.983. The average molecular weight is 245 g/mol.